The molecule has 2 aromatic heterocycles. The largest absolute Gasteiger partial charge is 0.390 e. The number of nitrogens with one attached hydrogen (secondary N) is 2. The number of amides is 1. The van der Waals surface area contributed by atoms with Crippen LogP contribution in [-0.4, -0.2) is 56.3 Å². The van der Waals surface area contributed by atoms with E-state index in [-0.39, 0.29) is 17.6 Å². The molecule has 3 rings (SSSR count). The lowest BCUT2D eigenvalue weighted by Crippen LogP contribution is -2.53. The maximum atomic E-state index is 12.3. The highest BCUT2D eigenvalue weighted by Crippen LogP contribution is 2.19. The Morgan fingerprint density at radius 2 is 2.38 bits per heavy atom. The van der Waals surface area contributed by atoms with E-state index >= 15 is 0 Å². The molecule has 1 aliphatic rings. The Hall–Kier alpha value is -1.48. The van der Waals surface area contributed by atoms with Gasteiger partial charge < -0.3 is 10.4 Å². The predicted octanol–water partition coefficient (Wildman–Crippen LogP) is 1.50. The lowest BCUT2D eigenvalue weighted by molar-refractivity contribution is 0.0344. The molecule has 0 radical (unpaired) electrons. The van der Waals surface area contributed by atoms with Gasteiger partial charge in [0.15, 0.2) is 5.69 Å². The fourth-order valence-corrected chi connectivity index (χ4v) is 3.60. The smallest absolute Gasteiger partial charge is 0.273 e. The van der Waals surface area contributed by atoms with Crippen LogP contribution in [0.15, 0.2) is 5.38 Å². The molecule has 0 aliphatic carbocycles. The van der Waals surface area contributed by atoms with Gasteiger partial charge in [0.1, 0.15) is 0 Å². The normalized spacial score (nSPS) is 21.8. The van der Waals surface area contributed by atoms with Crippen LogP contribution in [0.3, 0.4) is 0 Å². The van der Waals surface area contributed by atoms with Crippen LogP contribution in [0, 0.1) is 13.8 Å². The third-order valence-corrected chi connectivity index (χ3v) is 5.41. The second kappa shape index (κ2) is 7.18. The van der Waals surface area contributed by atoms with Crippen molar-refractivity contribution >= 4 is 28.8 Å². The molecule has 3 N–H and O–H groups in total. The van der Waals surface area contributed by atoms with Crippen LogP contribution in [0.5, 0.6) is 0 Å². The van der Waals surface area contributed by atoms with Crippen molar-refractivity contribution in [1.82, 2.24) is 25.4 Å². The fraction of sp³-hybridized carbons (Fsp3) is 0.533. The van der Waals surface area contributed by atoms with Crippen molar-refractivity contribution in [2.75, 3.05) is 13.1 Å². The number of aromatic nitrogens is 3. The number of halogens is 1. The molecule has 3 heterocycles. The van der Waals surface area contributed by atoms with Gasteiger partial charge in [-0.2, -0.15) is 5.10 Å². The average molecular weight is 370 g/mol. The topological polar surface area (TPSA) is 94.1 Å². The summed E-state index contributed by atoms with van der Waals surface area (Å²) in [4.78, 5) is 18.9. The van der Waals surface area contributed by atoms with Crippen molar-refractivity contribution in [2.45, 2.75) is 39.0 Å². The monoisotopic (exact) mass is 369 g/mol. The van der Waals surface area contributed by atoms with Crippen molar-refractivity contribution in [2.24, 2.45) is 0 Å². The summed E-state index contributed by atoms with van der Waals surface area (Å²) in [7, 11) is 0. The fourth-order valence-electron chi connectivity index (χ4n) is 2.82. The van der Waals surface area contributed by atoms with Crippen LogP contribution < -0.4 is 5.32 Å². The number of likely N-dealkylation sites (tertiary alicyclic amines) is 1. The maximum absolute atomic E-state index is 12.3. The summed E-state index contributed by atoms with van der Waals surface area (Å²) in [6.45, 7) is 5.72. The zero-order valence-electron chi connectivity index (χ0n) is 13.5. The van der Waals surface area contributed by atoms with Crippen molar-refractivity contribution in [3.63, 3.8) is 0 Å². The number of rotatable bonds is 4. The number of piperidine rings is 1. The van der Waals surface area contributed by atoms with Crippen LogP contribution in [0.2, 0.25) is 5.02 Å². The molecule has 0 unspecified atom stereocenters. The Morgan fingerprint density at radius 1 is 1.58 bits per heavy atom. The number of hydrogen-bond donors (Lipinski definition) is 3. The van der Waals surface area contributed by atoms with E-state index in [1.807, 2.05) is 12.3 Å². The Bertz CT molecular complexity index is 731. The molecular formula is C15H20ClN5O2S. The number of carbonyl (C=O) groups excluding carboxylic acids is 1. The van der Waals surface area contributed by atoms with Gasteiger partial charge in [0.05, 0.1) is 33.6 Å². The van der Waals surface area contributed by atoms with Crippen LogP contribution >= 0.6 is 22.9 Å². The van der Waals surface area contributed by atoms with E-state index < -0.39 is 6.10 Å². The summed E-state index contributed by atoms with van der Waals surface area (Å²) in [5, 5.41) is 23.2. The quantitative estimate of drug-likeness (QED) is 0.759. The SMILES string of the molecule is Cc1nc(CN2CC[C@@H](NC(=O)c3n[nH]c(C)c3Cl)[C@H](O)C2)cs1. The van der Waals surface area contributed by atoms with Crippen LogP contribution in [-0.2, 0) is 6.54 Å². The van der Waals surface area contributed by atoms with E-state index in [4.69, 9.17) is 11.6 Å². The summed E-state index contributed by atoms with van der Waals surface area (Å²) >= 11 is 7.67. The third kappa shape index (κ3) is 3.77. The molecule has 7 nitrogen and oxygen atoms in total. The van der Waals surface area contributed by atoms with Crippen LogP contribution in [0.4, 0.5) is 0 Å². The highest BCUT2D eigenvalue weighted by Gasteiger charge is 2.30. The first-order valence-corrected chi connectivity index (χ1v) is 9.02. The van der Waals surface area contributed by atoms with Gasteiger partial charge in [-0.25, -0.2) is 4.98 Å². The first-order valence-electron chi connectivity index (χ1n) is 7.76. The summed E-state index contributed by atoms with van der Waals surface area (Å²) in [5.74, 6) is -0.364. The molecule has 1 saturated heterocycles. The van der Waals surface area contributed by atoms with Crippen LogP contribution in [0.1, 0.15) is 33.3 Å². The molecule has 1 aliphatic heterocycles. The number of aliphatic hydroxyl groups excluding tert-OH is 1. The first kappa shape index (κ1) is 17.3. The molecule has 130 valence electrons. The molecule has 0 aromatic carbocycles. The van der Waals surface area contributed by atoms with Gasteiger partial charge in [-0.15, -0.1) is 11.3 Å². The molecule has 9 heteroatoms. The molecule has 24 heavy (non-hydrogen) atoms. The van der Waals surface area contributed by atoms with Gasteiger partial charge in [-0.05, 0) is 20.3 Å². The summed E-state index contributed by atoms with van der Waals surface area (Å²) in [5.41, 5.74) is 1.84. The van der Waals surface area contributed by atoms with E-state index in [0.717, 1.165) is 17.2 Å². The standard InChI is InChI=1S/C15H20ClN5O2S/c1-8-13(16)14(20-19-8)15(23)18-11-3-4-21(6-12(11)22)5-10-7-24-9(2)17-10/h7,11-12,22H,3-6H2,1-2H3,(H,18,23)(H,19,20)/t11-,12-/m1/s1. The summed E-state index contributed by atoms with van der Waals surface area (Å²) < 4.78 is 0. The third-order valence-electron chi connectivity index (χ3n) is 4.12. The second-order valence-corrected chi connectivity index (χ2v) is 7.48. The number of carbonyl (C=O) groups is 1. The molecular weight excluding hydrogens is 350 g/mol. The van der Waals surface area contributed by atoms with Crippen LogP contribution in [0.25, 0.3) is 0 Å². The van der Waals surface area contributed by atoms with Crippen molar-refractivity contribution in [1.29, 1.82) is 0 Å². The minimum absolute atomic E-state index is 0.168. The van der Waals surface area contributed by atoms with E-state index in [1.165, 1.54) is 0 Å². The number of aliphatic hydroxyl groups is 1. The Labute approximate surface area is 149 Å². The number of H-pyrrole nitrogens is 1. The van der Waals surface area contributed by atoms with E-state index in [1.54, 1.807) is 18.3 Å². The lowest BCUT2D eigenvalue weighted by Gasteiger charge is -2.35. The van der Waals surface area contributed by atoms with Gasteiger partial charge in [-0.1, -0.05) is 11.6 Å². The van der Waals surface area contributed by atoms with E-state index in [0.29, 0.717) is 30.2 Å². The lowest BCUT2D eigenvalue weighted by atomic mass is 10.0. The molecule has 0 saturated carbocycles. The second-order valence-electron chi connectivity index (χ2n) is 6.04. The molecule has 0 spiro atoms. The molecule has 0 bridgehead atoms. The molecule has 2 atom stereocenters. The van der Waals surface area contributed by atoms with Gasteiger partial charge in [0.25, 0.3) is 5.91 Å². The predicted molar refractivity (Wildman–Crippen MR) is 92.3 cm³/mol. The highest BCUT2D eigenvalue weighted by atomic mass is 35.5. The van der Waals surface area contributed by atoms with Crippen molar-refractivity contribution in [3.05, 3.63) is 32.5 Å². The van der Waals surface area contributed by atoms with E-state index in [2.05, 4.69) is 25.4 Å². The number of nitrogens with zero attached hydrogens (tertiary/aromatic N) is 3. The number of β-amino-alcohol motifs (C(OH)–C–C–N with tert-alkyl or cyclic N) is 1. The van der Waals surface area contributed by atoms with Gasteiger partial charge in [0.2, 0.25) is 0 Å². The number of aromatic amines is 1. The van der Waals surface area contributed by atoms with Gasteiger partial charge >= 0.3 is 0 Å². The summed E-state index contributed by atoms with van der Waals surface area (Å²) in [6.07, 6.45) is 0.0260. The van der Waals surface area contributed by atoms with Gasteiger partial charge in [-0.3, -0.25) is 14.8 Å². The molecule has 1 fully saturated rings. The van der Waals surface area contributed by atoms with Crippen molar-refractivity contribution in [3.8, 4) is 0 Å². The number of thiazole rings is 1. The Kier molecular flexibility index (Phi) is 5.19. The minimum atomic E-state index is -0.638. The van der Waals surface area contributed by atoms with Gasteiger partial charge in [0, 0.05) is 25.0 Å². The Balaban J connectivity index is 1.56. The zero-order chi connectivity index (χ0) is 17.3. The van der Waals surface area contributed by atoms with Crippen molar-refractivity contribution < 1.29 is 9.90 Å². The zero-order valence-corrected chi connectivity index (χ0v) is 15.1. The summed E-state index contributed by atoms with van der Waals surface area (Å²) in [6, 6.07) is -0.306. The highest BCUT2D eigenvalue weighted by molar-refractivity contribution is 7.09. The number of aryl methyl sites for hydroxylation is 2. The number of hydrogen-bond acceptors (Lipinski definition) is 6. The minimum Gasteiger partial charge on any atom is -0.390 e. The Morgan fingerprint density at radius 3 is 2.96 bits per heavy atom. The molecule has 2 aromatic rings. The average Bonchev–Trinajstić information content (AvgIpc) is 3.09. The first-order chi connectivity index (χ1) is 11.4. The van der Waals surface area contributed by atoms with E-state index in [9.17, 15) is 9.90 Å². The molecule has 1 amide bonds. The maximum Gasteiger partial charge on any atom is 0.273 e.